The summed E-state index contributed by atoms with van der Waals surface area (Å²) in [5.41, 5.74) is 26.6. The van der Waals surface area contributed by atoms with Gasteiger partial charge in [0, 0.05) is 71.4 Å². The molecule has 0 unspecified atom stereocenters. The average Bonchev–Trinajstić information content (AvgIpc) is 2.32. The maximum atomic E-state index is 2.73. The Morgan fingerprint density at radius 2 is 0.962 bits per heavy atom. The number of fused-ring (bicyclic) bond motifs is 9. The molecule has 5 heteroatoms. The molecule has 0 radical (unpaired) electrons. The molecule has 2 aliphatic carbocycles. The minimum atomic E-state index is -0.0149. The van der Waals surface area contributed by atoms with E-state index >= 15 is 0 Å². The van der Waals surface area contributed by atoms with Crippen LogP contribution in [-0.4, -0.2) is 6.71 Å². The number of hydrogen-bond acceptors (Lipinski definition) is 4. The Morgan fingerprint density at radius 3 is 1.58 bits per heavy atom. The average molecular weight is 1040 g/mol. The molecule has 1 aromatic heterocycles. The van der Waals surface area contributed by atoms with Crippen molar-refractivity contribution in [2.24, 2.45) is 0 Å². The van der Waals surface area contributed by atoms with Gasteiger partial charge < -0.3 is 14.7 Å². The van der Waals surface area contributed by atoms with E-state index in [0.29, 0.717) is 0 Å². The molecule has 8 aromatic carbocycles. The summed E-state index contributed by atoms with van der Waals surface area (Å²) in [7, 11) is 0. The minimum absolute atomic E-state index is 0.0149. The highest BCUT2D eigenvalue weighted by molar-refractivity contribution is 7.25. The molecule has 0 fully saturated rings. The van der Waals surface area contributed by atoms with Crippen molar-refractivity contribution in [1.29, 1.82) is 0 Å². The third kappa shape index (κ3) is 7.86. The zero-order chi connectivity index (χ0) is 55.0. The van der Waals surface area contributed by atoms with Crippen LogP contribution in [0.4, 0.5) is 51.2 Å². The predicted molar refractivity (Wildman–Crippen MR) is 341 cm³/mol. The van der Waals surface area contributed by atoms with Crippen LogP contribution in [0.5, 0.6) is 0 Å². The molecular formula is C73H78BN3S. The molecule has 0 amide bonds. The first-order chi connectivity index (χ1) is 36.7. The van der Waals surface area contributed by atoms with Crippen LogP contribution in [0.25, 0.3) is 20.2 Å². The maximum absolute atomic E-state index is 2.73. The summed E-state index contributed by atoms with van der Waals surface area (Å²) in [5.74, 6) is 0. The molecule has 3 heterocycles. The third-order valence-corrected chi connectivity index (χ3v) is 20.1. The Kier molecular flexibility index (Phi) is 11.1. The van der Waals surface area contributed by atoms with Crippen molar-refractivity contribution in [3.05, 3.63) is 190 Å². The second kappa shape index (κ2) is 17.0. The minimum Gasteiger partial charge on any atom is -0.311 e. The second-order valence-corrected chi connectivity index (χ2v) is 29.7. The molecule has 4 aliphatic rings. The molecule has 394 valence electrons. The van der Waals surface area contributed by atoms with Crippen LogP contribution >= 0.6 is 11.3 Å². The van der Waals surface area contributed by atoms with Gasteiger partial charge in [-0.25, -0.2) is 0 Å². The van der Waals surface area contributed by atoms with Crippen LogP contribution < -0.4 is 31.1 Å². The van der Waals surface area contributed by atoms with Crippen molar-refractivity contribution in [3.8, 4) is 0 Å². The van der Waals surface area contributed by atoms with E-state index in [1.165, 1.54) is 128 Å². The number of hydrogen-bond donors (Lipinski definition) is 0. The lowest BCUT2D eigenvalue weighted by Gasteiger charge is -2.46. The number of aryl methyl sites for hydroxylation is 2. The van der Waals surface area contributed by atoms with Gasteiger partial charge in [-0.15, -0.1) is 11.3 Å². The number of benzene rings is 8. The number of anilines is 9. The lowest BCUT2D eigenvalue weighted by atomic mass is 9.33. The van der Waals surface area contributed by atoms with Gasteiger partial charge in [0.25, 0.3) is 6.71 Å². The van der Waals surface area contributed by atoms with Gasteiger partial charge in [-0.3, -0.25) is 0 Å². The van der Waals surface area contributed by atoms with E-state index in [0.717, 1.165) is 23.5 Å². The molecule has 0 saturated heterocycles. The fraction of sp³-hybridized carbons (Fsp3) is 0.342. The fourth-order valence-corrected chi connectivity index (χ4v) is 15.9. The summed E-state index contributed by atoms with van der Waals surface area (Å²) < 4.78 is 2.62. The summed E-state index contributed by atoms with van der Waals surface area (Å²) in [6.45, 7) is 38.3. The van der Waals surface area contributed by atoms with Gasteiger partial charge in [0.1, 0.15) is 0 Å². The number of thiophene rings is 1. The summed E-state index contributed by atoms with van der Waals surface area (Å²) in [6, 6.07) is 57.8. The van der Waals surface area contributed by atoms with E-state index in [1.807, 2.05) is 11.3 Å². The molecule has 13 rings (SSSR count). The predicted octanol–water partition coefficient (Wildman–Crippen LogP) is 19.1. The highest BCUT2D eigenvalue weighted by Gasteiger charge is 2.49. The lowest BCUT2D eigenvalue weighted by molar-refractivity contribution is 0.332. The molecule has 0 N–H and O–H groups in total. The zero-order valence-electron chi connectivity index (χ0n) is 49.3. The van der Waals surface area contributed by atoms with Gasteiger partial charge in [0.15, 0.2) is 0 Å². The Labute approximate surface area is 470 Å². The first-order valence-corrected chi connectivity index (χ1v) is 29.7. The summed E-state index contributed by atoms with van der Waals surface area (Å²) >= 11 is 1.90. The maximum Gasteiger partial charge on any atom is 0.252 e. The Balaban J connectivity index is 1.11. The monoisotopic (exact) mass is 1040 g/mol. The van der Waals surface area contributed by atoms with Gasteiger partial charge in [-0.05, 0) is 205 Å². The van der Waals surface area contributed by atoms with E-state index in [4.69, 9.17) is 0 Å². The number of rotatable bonds is 5. The van der Waals surface area contributed by atoms with Crippen LogP contribution in [0.2, 0.25) is 0 Å². The molecule has 9 aromatic rings. The molecule has 78 heavy (non-hydrogen) atoms. The molecule has 0 spiro atoms. The third-order valence-electron chi connectivity index (χ3n) is 19.0. The second-order valence-electron chi connectivity index (χ2n) is 28.6. The standard InChI is InChI=1S/C73H78BN3S/c1-44-35-63-67-64(36-44)77(60-41-56-54(37-45(60)2)70(9,10)33-34-71(56,11)12)62-42-57-55(72(13,14)43-73(57,15)16)40-59(62)74(67)58-32-30-50(38-61(58)76(63)51-29-31-53-52-19-17-18-20-65(52)78-66(53)39-51)75(48-25-21-46(22-26-48)68(3,4)5)49-27-23-47(24-28-49)69(6,7)8/h17-32,35-42H,33-34,43H2,1-16H3. The molecular weight excluding hydrogens is 962 g/mol. The van der Waals surface area contributed by atoms with Gasteiger partial charge in [-0.2, -0.15) is 0 Å². The van der Waals surface area contributed by atoms with Gasteiger partial charge in [0.05, 0.1) is 0 Å². The van der Waals surface area contributed by atoms with Crippen molar-refractivity contribution in [2.45, 2.75) is 163 Å². The summed E-state index contributed by atoms with van der Waals surface area (Å²) in [4.78, 5) is 7.85. The van der Waals surface area contributed by atoms with Gasteiger partial charge in [0.2, 0.25) is 0 Å². The Hall–Kier alpha value is -6.56. The molecule has 0 atom stereocenters. The van der Waals surface area contributed by atoms with Crippen molar-refractivity contribution >= 4 is 106 Å². The highest BCUT2D eigenvalue weighted by atomic mass is 32.1. The molecule has 0 bridgehead atoms. The SMILES string of the molecule is Cc1cc2c3c(c1)N(c1cc4c(cc1C)C(C)(C)CCC4(C)C)c1cc4c(cc1B3c1ccc(N(c3ccc(C(C)(C)C)cc3)c3ccc(C(C)(C)C)cc3)cc1N2c1ccc2c(c1)sc1ccccc12)C(C)(C)CC4(C)C. The van der Waals surface area contributed by atoms with Crippen molar-refractivity contribution in [1.82, 2.24) is 0 Å². The van der Waals surface area contributed by atoms with E-state index in [2.05, 4.69) is 271 Å². The highest BCUT2D eigenvalue weighted by Crippen LogP contribution is 2.55. The first kappa shape index (κ1) is 50.9. The van der Waals surface area contributed by atoms with Gasteiger partial charge >= 0.3 is 0 Å². The first-order valence-electron chi connectivity index (χ1n) is 28.9. The van der Waals surface area contributed by atoms with E-state index in [1.54, 1.807) is 0 Å². The smallest absolute Gasteiger partial charge is 0.252 e. The topological polar surface area (TPSA) is 9.72 Å². The molecule has 3 nitrogen and oxygen atoms in total. The van der Waals surface area contributed by atoms with Crippen LogP contribution in [0.15, 0.2) is 146 Å². The Morgan fingerprint density at radius 1 is 0.449 bits per heavy atom. The molecule has 2 aliphatic heterocycles. The van der Waals surface area contributed by atoms with Crippen LogP contribution in [0.3, 0.4) is 0 Å². The van der Waals surface area contributed by atoms with Gasteiger partial charge in [-0.1, -0.05) is 164 Å². The van der Waals surface area contributed by atoms with E-state index in [9.17, 15) is 0 Å². The van der Waals surface area contributed by atoms with Crippen LogP contribution in [0.1, 0.15) is 161 Å². The van der Waals surface area contributed by atoms with Crippen molar-refractivity contribution < 1.29 is 0 Å². The quantitative estimate of drug-likeness (QED) is 0.159. The van der Waals surface area contributed by atoms with E-state index in [-0.39, 0.29) is 39.2 Å². The summed E-state index contributed by atoms with van der Waals surface area (Å²) in [5, 5.41) is 2.63. The van der Waals surface area contributed by atoms with Crippen LogP contribution in [0, 0.1) is 13.8 Å². The Bertz CT molecular complexity index is 3890. The van der Waals surface area contributed by atoms with Crippen LogP contribution in [-0.2, 0) is 32.5 Å². The van der Waals surface area contributed by atoms with Crippen molar-refractivity contribution in [3.63, 3.8) is 0 Å². The lowest BCUT2D eigenvalue weighted by Crippen LogP contribution is -2.61. The fourth-order valence-electron chi connectivity index (χ4n) is 14.7. The van der Waals surface area contributed by atoms with E-state index < -0.39 is 0 Å². The molecule has 0 saturated carbocycles. The largest absolute Gasteiger partial charge is 0.311 e. The normalized spacial score (nSPS) is 17.4. The zero-order valence-corrected chi connectivity index (χ0v) is 50.1. The van der Waals surface area contributed by atoms with Crippen molar-refractivity contribution in [2.75, 3.05) is 14.7 Å². The number of nitrogens with zero attached hydrogens (tertiary/aromatic N) is 3. The summed E-state index contributed by atoms with van der Waals surface area (Å²) in [6.07, 6.45) is 3.47.